The van der Waals surface area contributed by atoms with Gasteiger partial charge in [0.2, 0.25) is 0 Å². The monoisotopic (exact) mass is 395 g/mol. The number of hydrogen-bond acceptors (Lipinski definition) is 4. The van der Waals surface area contributed by atoms with Crippen molar-refractivity contribution in [3.05, 3.63) is 59.2 Å². The Morgan fingerprint density at radius 2 is 2.00 bits per heavy atom. The highest BCUT2D eigenvalue weighted by Gasteiger charge is 2.33. The van der Waals surface area contributed by atoms with Gasteiger partial charge in [-0.05, 0) is 29.3 Å². The number of amides is 3. The van der Waals surface area contributed by atoms with E-state index in [2.05, 4.69) is 5.32 Å². The molecule has 1 saturated heterocycles. The third-order valence-electron chi connectivity index (χ3n) is 5.35. The molecule has 150 valence electrons. The van der Waals surface area contributed by atoms with E-state index in [-0.39, 0.29) is 18.5 Å². The van der Waals surface area contributed by atoms with Crippen molar-refractivity contribution in [1.29, 1.82) is 0 Å². The van der Waals surface area contributed by atoms with E-state index < -0.39 is 11.9 Å². The molecule has 2 N–H and O–H groups in total. The molecular formula is C21H21N3O5. The van der Waals surface area contributed by atoms with E-state index in [0.717, 1.165) is 11.1 Å². The maximum Gasteiger partial charge on any atom is 0.322 e. The van der Waals surface area contributed by atoms with Crippen LogP contribution in [0.4, 0.5) is 10.5 Å². The largest absolute Gasteiger partial charge is 0.495 e. The topological polar surface area (TPSA) is 99.2 Å². The fourth-order valence-electron chi connectivity index (χ4n) is 3.89. The number of carbonyl (C=O) groups is 3. The third kappa shape index (κ3) is 3.37. The molecule has 2 aliphatic rings. The number of anilines is 1. The number of hydrogen-bond donors (Lipinski definition) is 2. The molecule has 2 aromatic rings. The number of aliphatic carboxylic acids is 1. The second-order valence-corrected chi connectivity index (χ2v) is 7.05. The van der Waals surface area contributed by atoms with E-state index >= 15 is 0 Å². The van der Waals surface area contributed by atoms with Crippen LogP contribution in [0.5, 0.6) is 5.75 Å². The molecule has 4 rings (SSSR count). The number of carboxylic acid groups (broad SMARTS) is 1. The van der Waals surface area contributed by atoms with Gasteiger partial charge in [0, 0.05) is 31.7 Å². The van der Waals surface area contributed by atoms with Gasteiger partial charge >= 0.3 is 12.0 Å². The van der Waals surface area contributed by atoms with E-state index in [1.165, 1.54) is 16.9 Å². The van der Waals surface area contributed by atoms with Crippen molar-refractivity contribution in [2.75, 3.05) is 31.6 Å². The normalized spacial score (nSPS) is 18.2. The maximum absolute atomic E-state index is 13.2. The second kappa shape index (κ2) is 7.46. The number of rotatable bonds is 4. The zero-order valence-electron chi connectivity index (χ0n) is 15.9. The lowest BCUT2D eigenvalue weighted by molar-refractivity contribution is -0.139. The predicted molar refractivity (Wildman–Crippen MR) is 105 cm³/mol. The molecular weight excluding hydrogens is 374 g/mol. The number of nitrogens with one attached hydrogen (secondary N) is 1. The Morgan fingerprint density at radius 1 is 1.21 bits per heavy atom. The molecule has 0 spiro atoms. The first kappa shape index (κ1) is 18.8. The molecule has 0 saturated carbocycles. The number of nitrogens with zero attached hydrogens (tertiary/aromatic N) is 2. The Kier molecular flexibility index (Phi) is 4.84. The number of methoxy groups -OCH3 is 1. The number of urea groups is 1. The summed E-state index contributed by atoms with van der Waals surface area (Å²) in [7, 11) is 1.51. The molecule has 0 bridgehead atoms. The van der Waals surface area contributed by atoms with Crippen molar-refractivity contribution in [3.63, 3.8) is 0 Å². The Morgan fingerprint density at radius 3 is 2.69 bits per heavy atom. The zero-order chi connectivity index (χ0) is 20.5. The highest BCUT2D eigenvalue weighted by Crippen LogP contribution is 2.33. The van der Waals surface area contributed by atoms with Crippen molar-refractivity contribution >= 4 is 23.6 Å². The minimum Gasteiger partial charge on any atom is -0.495 e. The molecule has 2 aliphatic heterocycles. The molecule has 3 amide bonds. The summed E-state index contributed by atoms with van der Waals surface area (Å²) in [5.41, 5.74) is 2.46. The van der Waals surface area contributed by atoms with E-state index in [4.69, 9.17) is 4.74 Å². The van der Waals surface area contributed by atoms with E-state index in [9.17, 15) is 19.5 Å². The standard InChI is InChI=1S/C21H21N3O5/c1-29-18-7-6-13(10-17(18)24-9-8-22-21(24)28)19(25)23-11-14-4-2-3-5-15(14)16(12-23)20(26)27/h2-7,10,16H,8-9,11-12H2,1H3,(H,22,28)(H,26,27). The average molecular weight is 395 g/mol. The van der Waals surface area contributed by atoms with Crippen molar-refractivity contribution < 1.29 is 24.2 Å². The molecule has 0 aliphatic carbocycles. The molecule has 8 heteroatoms. The fraction of sp³-hybridized carbons (Fsp3) is 0.286. The Bertz CT molecular complexity index is 990. The van der Waals surface area contributed by atoms with Crippen LogP contribution in [0, 0.1) is 0 Å². The lowest BCUT2D eigenvalue weighted by Gasteiger charge is -2.33. The van der Waals surface area contributed by atoms with Crippen molar-refractivity contribution in [1.82, 2.24) is 10.2 Å². The summed E-state index contributed by atoms with van der Waals surface area (Å²) < 4.78 is 5.36. The number of benzene rings is 2. The average Bonchev–Trinajstić information content (AvgIpc) is 3.17. The highest BCUT2D eigenvalue weighted by atomic mass is 16.5. The summed E-state index contributed by atoms with van der Waals surface area (Å²) in [5.74, 6) is -1.52. The van der Waals surface area contributed by atoms with Crippen LogP contribution in [0.3, 0.4) is 0 Å². The van der Waals surface area contributed by atoms with Crippen molar-refractivity contribution in [3.8, 4) is 5.75 Å². The summed E-state index contributed by atoms with van der Waals surface area (Å²) in [4.78, 5) is 40.1. The number of carbonyl (C=O) groups excluding carboxylic acids is 2. The Hall–Kier alpha value is -3.55. The van der Waals surface area contributed by atoms with Crippen LogP contribution in [-0.2, 0) is 11.3 Å². The van der Waals surface area contributed by atoms with Crippen LogP contribution in [0.15, 0.2) is 42.5 Å². The molecule has 2 heterocycles. The number of ether oxygens (including phenoxy) is 1. The summed E-state index contributed by atoms with van der Waals surface area (Å²) in [6.45, 7) is 1.43. The Labute approximate surface area is 167 Å². The van der Waals surface area contributed by atoms with Gasteiger partial charge in [-0.3, -0.25) is 14.5 Å². The summed E-state index contributed by atoms with van der Waals surface area (Å²) in [6, 6.07) is 12.0. The van der Waals surface area contributed by atoms with Gasteiger partial charge in [0.05, 0.1) is 18.7 Å². The Balaban J connectivity index is 1.66. The molecule has 0 radical (unpaired) electrons. The fourth-order valence-corrected chi connectivity index (χ4v) is 3.89. The zero-order valence-corrected chi connectivity index (χ0v) is 15.9. The van der Waals surface area contributed by atoms with Gasteiger partial charge in [-0.2, -0.15) is 0 Å². The molecule has 1 fully saturated rings. The molecule has 8 nitrogen and oxygen atoms in total. The van der Waals surface area contributed by atoms with Gasteiger partial charge in [0.1, 0.15) is 5.75 Å². The van der Waals surface area contributed by atoms with Crippen molar-refractivity contribution in [2.24, 2.45) is 0 Å². The lowest BCUT2D eigenvalue weighted by Crippen LogP contribution is -2.40. The number of fused-ring (bicyclic) bond motifs is 1. The van der Waals surface area contributed by atoms with Gasteiger partial charge in [-0.1, -0.05) is 24.3 Å². The second-order valence-electron chi connectivity index (χ2n) is 7.05. The van der Waals surface area contributed by atoms with Gasteiger partial charge in [0.25, 0.3) is 5.91 Å². The first-order valence-electron chi connectivity index (χ1n) is 9.33. The van der Waals surface area contributed by atoms with Gasteiger partial charge in [0.15, 0.2) is 0 Å². The third-order valence-corrected chi connectivity index (χ3v) is 5.35. The van der Waals surface area contributed by atoms with Crippen LogP contribution in [0.2, 0.25) is 0 Å². The molecule has 2 aromatic carbocycles. The van der Waals surface area contributed by atoms with E-state index in [1.54, 1.807) is 24.3 Å². The van der Waals surface area contributed by atoms with Gasteiger partial charge in [-0.15, -0.1) is 0 Å². The first-order chi connectivity index (χ1) is 14.0. The summed E-state index contributed by atoms with van der Waals surface area (Å²) in [5, 5.41) is 12.4. The van der Waals surface area contributed by atoms with E-state index in [0.29, 0.717) is 36.6 Å². The van der Waals surface area contributed by atoms with Crippen LogP contribution < -0.4 is 15.0 Å². The lowest BCUT2D eigenvalue weighted by atomic mass is 9.89. The molecule has 0 aromatic heterocycles. The van der Waals surface area contributed by atoms with Crippen molar-refractivity contribution in [2.45, 2.75) is 12.5 Å². The molecule has 1 atom stereocenters. The minimum atomic E-state index is -0.959. The quantitative estimate of drug-likeness (QED) is 0.826. The van der Waals surface area contributed by atoms with Gasteiger partial charge in [-0.25, -0.2) is 4.79 Å². The first-order valence-corrected chi connectivity index (χ1v) is 9.33. The molecule has 1 unspecified atom stereocenters. The van der Waals surface area contributed by atoms with E-state index in [1.807, 2.05) is 18.2 Å². The highest BCUT2D eigenvalue weighted by molar-refractivity contribution is 6.00. The minimum absolute atomic E-state index is 0.0940. The SMILES string of the molecule is COc1ccc(C(=O)N2Cc3ccccc3C(C(=O)O)C2)cc1N1CCNC1=O. The van der Waals surface area contributed by atoms with Crippen LogP contribution in [0.1, 0.15) is 27.4 Å². The maximum atomic E-state index is 13.2. The smallest absolute Gasteiger partial charge is 0.322 e. The van der Waals surface area contributed by atoms with Gasteiger partial charge < -0.3 is 20.1 Å². The van der Waals surface area contributed by atoms with Crippen LogP contribution in [0.25, 0.3) is 0 Å². The van der Waals surface area contributed by atoms with Crippen LogP contribution in [-0.4, -0.2) is 54.7 Å². The predicted octanol–water partition coefficient (Wildman–Crippen LogP) is 2.05. The number of carboxylic acids is 1. The summed E-state index contributed by atoms with van der Waals surface area (Å²) >= 11 is 0. The molecule has 29 heavy (non-hydrogen) atoms. The summed E-state index contributed by atoms with van der Waals surface area (Å²) in [6.07, 6.45) is 0. The van der Waals surface area contributed by atoms with Crippen LogP contribution >= 0.6 is 0 Å².